The van der Waals surface area contributed by atoms with Gasteiger partial charge in [-0.15, -0.1) is 0 Å². The number of nitrogens with zero attached hydrogens (tertiary/aromatic N) is 1. The van der Waals surface area contributed by atoms with Gasteiger partial charge in [0.05, 0.1) is 6.04 Å². The highest BCUT2D eigenvalue weighted by atomic mass is 16.2. The molecule has 22 heavy (non-hydrogen) atoms. The van der Waals surface area contributed by atoms with Gasteiger partial charge in [-0.05, 0) is 42.9 Å². The number of aryl methyl sites for hydroxylation is 1. The first-order valence-electron chi connectivity index (χ1n) is 7.99. The summed E-state index contributed by atoms with van der Waals surface area (Å²) in [6, 6.07) is 14.4. The van der Waals surface area contributed by atoms with Crippen LogP contribution in [-0.2, 0) is 11.2 Å². The number of hydrogen-bond donors (Lipinski definition) is 1. The normalized spacial score (nSPS) is 21.2. The van der Waals surface area contributed by atoms with Crippen molar-refractivity contribution in [2.75, 3.05) is 0 Å². The monoisotopic (exact) mass is 294 g/mol. The number of nitrogens with one attached hydrogen (secondary N) is 1. The van der Waals surface area contributed by atoms with E-state index in [0.717, 1.165) is 24.1 Å². The molecule has 0 aliphatic heterocycles. The van der Waals surface area contributed by atoms with E-state index in [1.807, 2.05) is 37.4 Å². The lowest BCUT2D eigenvalue weighted by molar-refractivity contribution is -0.123. The molecule has 3 rings (SSSR count). The van der Waals surface area contributed by atoms with Crippen molar-refractivity contribution in [3.63, 3.8) is 0 Å². The molecule has 3 heteroatoms. The molecule has 0 saturated heterocycles. The van der Waals surface area contributed by atoms with Crippen LogP contribution in [0.5, 0.6) is 0 Å². The van der Waals surface area contributed by atoms with Crippen molar-refractivity contribution in [2.24, 2.45) is 5.92 Å². The van der Waals surface area contributed by atoms with E-state index in [2.05, 4.69) is 35.4 Å². The maximum absolute atomic E-state index is 12.4. The Balaban J connectivity index is 1.58. The number of pyridine rings is 1. The zero-order chi connectivity index (χ0) is 15.5. The molecule has 0 spiro atoms. The van der Waals surface area contributed by atoms with Gasteiger partial charge in [-0.3, -0.25) is 9.78 Å². The van der Waals surface area contributed by atoms with E-state index in [1.165, 1.54) is 5.56 Å². The summed E-state index contributed by atoms with van der Waals surface area (Å²) in [5.41, 5.74) is 3.40. The van der Waals surface area contributed by atoms with Gasteiger partial charge in [0.15, 0.2) is 0 Å². The lowest BCUT2D eigenvalue weighted by Gasteiger charge is -2.14. The average Bonchev–Trinajstić information content (AvgIpc) is 3.36. The Morgan fingerprint density at radius 1 is 1.27 bits per heavy atom. The Kier molecular flexibility index (Phi) is 4.23. The van der Waals surface area contributed by atoms with Crippen LogP contribution in [0.2, 0.25) is 0 Å². The van der Waals surface area contributed by atoms with Gasteiger partial charge in [-0.2, -0.15) is 0 Å². The van der Waals surface area contributed by atoms with Crippen LogP contribution in [0.3, 0.4) is 0 Å². The number of carbonyl (C=O) groups excluding carboxylic acids is 1. The fraction of sp³-hybridized carbons (Fsp3) is 0.368. The quantitative estimate of drug-likeness (QED) is 0.915. The third kappa shape index (κ3) is 3.19. The Bertz CT molecular complexity index is 636. The van der Waals surface area contributed by atoms with Gasteiger partial charge < -0.3 is 5.32 Å². The number of amides is 1. The highest BCUT2D eigenvalue weighted by molar-refractivity contribution is 5.83. The highest BCUT2D eigenvalue weighted by Gasteiger charge is 2.44. The lowest BCUT2D eigenvalue weighted by atomic mass is 10.1. The molecule has 1 aromatic carbocycles. The van der Waals surface area contributed by atoms with Gasteiger partial charge in [0.1, 0.15) is 0 Å². The minimum absolute atomic E-state index is 0.00271. The highest BCUT2D eigenvalue weighted by Crippen LogP contribution is 2.47. The van der Waals surface area contributed by atoms with Crippen molar-refractivity contribution in [3.05, 3.63) is 65.5 Å². The minimum atomic E-state index is 0.00271. The van der Waals surface area contributed by atoms with Gasteiger partial charge in [0.2, 0.25) is 5.91 Å². The van der Waals surface area contributed by atoms with Crippen LogP contribution in [0.4, 0.5) is 0 Å². The van der Waals surface area contributed by atoms with Gasteiger partial charge in [0.25, 0.3) is 0 Å². The molecular weight excluding hydrogens is 272 g/mol. The Hall–Kier alpha value is -2.16. The van der Waals surface area contributed by atoms with Crippen LogP contribution in [0.25, 0.3) is 0 Å². The first-order chi connectivity index (χ1) is 10.7. The third-order valence-electron chi connectivity index (χ3n) is 4.42. The molecule has 3 unspecified atom stereocenters. The summed E-state index contributed by atoms with van der Waals surface area (Å²) in [4.78, 5) is 16.8. The molecule has 0 radical (unpaired) electrons. The summed E-state index contributed by atoms with van der Waals surface area (Å²) in [6.45, 7) is 4.10. The minimum Gasteiger partial charge on any atom is -0.349 e. The maximum atomic E-state index is 12.4. The first kappa shape index (κ1) is 14.8. The largest absolute Gasteiger partial charge is 0.349 e. The second kappa shape index (κ2) is 6.30. The van der Waals surface area contributed by atoms with Crippen LogP contribution in [0.15, 0.2) is 48.7 Å². The molecule has 1 saturated carbocycles. The van der Waals surface area contributed by atoms with Gasteiger partial charge in [0, 0.05) is 17.8 Å². The zero-order valence-corrected chi connectivity index (χ0v) is 13.1. The molecule has 1 N–H and O–H groups in total. The van der Waals surface area contributed by atoms with Gasteiger partial charge in [-0.25, -0.2) is 0 Å². The summed E-state index contributed by atoms with van der Waals surface area (Å²) in [6.07, 6.45) is 3.75. The number of aromatic nitrogens is 1. The lowest BCUT2D eigenvalue weighted by Crippen LogP contribution is -2.28. The number of rotatable bonds is 5. The summed E-state index contributed by atoms with van der Waals surface area (Å²) in [5.74, 6) is 0.655. The van der Waals surface area contributed by atoms with Crippen LogP contribution >= 0.6 is 0 Å². The maximum Gasteiger partial charge on any atom is 0.224 e. The van der Waals surface area contributed by atoms with E-state index < -0.39 is 0 Å². The standard InChI is InChI=1S/C19H22N2O/c1-3-16-10-9-15(12-20-16)13(2)21-19(22)18-11-17(18)14-7-5-4-6-8-14/h4-10,12-13,17-18H,3,11H2,1-2H3,(H,21,22). The van der Waals surface area contributed by atoms with E-state index in [-0.39, 0.29) is 17.9 Å². The molecule has 1 amide bonds. The molecular formula is C19H22N2O. The number of benzene rings is 1. The summed E-state index contributed by atoms with van der Waals surface area (Å²) in [5, 5.41) is 3.12. The van der Waals surface area contributed by atoms with Crippen molar-refractivity contribution in [1.82, 2.24) is 10.3 Å². The Labute approximate surface area is 131 Å². The summed E-state index contributed by atoms with van der Waals surface area (Å²) in [7, 11) is 0. The predicted molar refractivity (Wildman–Crippen MR) is 87.5 cm³/mol. The van der Waals surface area contributed by atoms with Crippen LogP contribution in [0, 0.1) is 5.92 Å². The SMILES string of the molecule is CCc1ccc(C(C)NC(=O)C2CC2c2ccccc2)cn1. The molecule has 1 heterocycles. The average molecular weight is 294 g/mol. The van der Waals surface area contributed by atoms with Gasteiger partial charge >= 0.3 is 0 Å². The van der Waals surface area contributed by atoms with E-state index in [1.54, 1.807) is 0 Å². The molecule has 1 aliphatic rings. The number of carbonyl (C=O) groups is 1. The van der Waals surface area contributed by atoms with Gasteiger partial charge in [-0.1, -0.05) is 43.3 Å². The summed E-state index contributed by atoms with van der Waals surface area (Å²) < 4.78 is 0. The van der Waals surface area contributed by atoms with Crippen molar-refractivity contribution in [1.29, 1.82) is 0 Å². The topological polar surface area (TPSA) is 42.0 Å². The molecule has 114 valence electrons. The smallest absolute Gasteiger partial charge is 0.224 e. The van der Waals surface area contributed by atoms with Crippen LogP contribution in [-0.4, -0.2) is 10.9 Å². The summed E-state index contributed by atoms with van der Waals surface area (Å²) >= 11 is 0. The number of hydrogen-bond acceptors (Lipinski definition) is 2. The Morgan fingerprint density at radius 3 is 2.68 bits per heavy atom. The second-order valence-electron chi connectivity index (χ2n) is 6.03. The van der Waals surface area contributed by atoms with Crippen molar-refractivity contribution >= 4 is 5.91 Å². The predicted octanol–water partition coefficient (Wildman–Crippen LogP) is 3.62. The molecule has 0 bridgehead atoms. The van der Waals surface area contributed by atoms with E-state index in [0.29, 0.717) is 5.92 Å². The molecule has 1 aliphatic carbocycles. The second-order valence-corrected chi connectivity index (χ2v) is 6.03. The van der Waals surface area contributed by atoms with Crippen molar-refractivity contribution in [2.45, 2.75) is 38.6 Å². The molecule has 2 aromatic rings. The molecule has 3 nitrogen and oxygen atoms in total. The Morgan fingerprint density at radius 2 is 2.05 bits per heavy atom. The van der Waals surface area contributed by atoms with E-state index >= 15 is 0 Å². The third-order valence-corrected chi connectivity index (χ3v) is 4.42. The fourth-order valence-electron chi connectivity index (χ4n) is 2.86. The first-order valence-corrected chi connectivity index (χ1v) is 7.99. The van der Waals surface area contributed by atoms with E-state index in [9.17, 15) is 4.79 Å². The van der Waals surface area contributed by atoms with Crippen molar-refractivity contribution < 1.29 is 4.79 Å². The van der Waals surface area contributed by atoms with Crippen molar-refractivity contribution in [3.8, 4) is 0 Å². The molecule has 3 atom stereocenters. The molecule has 1 fully saturated rings. The van der Waals surface area contributed by atoms with Crippen LogP contribution in [0.1, 0.15) is 49.0 Å². The zero-order valence-electron chi connectivity index (χ0n) is 13.1. The molecule has 1 aromatic heterocycles. The van der Waals surface area contributed by atoms with E-state index in [4.69, 9.17) is 0 Å². The van der Waals surface area contributed by atoms with Crippen LogP contribution < -0.4 is 5.32 Å². The fourth-order valence-corrected chi connectivity index (χ4v) is 2.86.